The van der Waals surface area contributed by atoms with Gasteiger partial charge >= 0.3 is 6.09 Å². The van der Waals surface area contributed by atoms with E-state index in [1.165, 1.54) is 16.3 Å². The predicted octanol–water partition coefficient (Wildman–Crippen LogP) is 5.07. The van der Waals surface area contributed by atoms with Crippen molar-refractivity contribution in [3.63, 3.8) is 0 Å². The Morgan fingerprint density at radius 1 is 1.12 bits per heavy atom. The fourth-order valence-corrected chi connectivity index (χ4v) is 4.00. The highest BCUT2D eigenvalue weighted by molar-refractivity contribution is 7.97. The molecule has 2 aromatic rings. The minimum Gasteiger partial charge on any atom is -0.493 e. The van der Waals surface area contributed by atoms with Crippen molar-refractivity contribution in [1.29, 1.82) is 0 Å². The number of methoxy groups -OCH3 is 2. The number of rotatable bonds is 5. The maximum atomic E-state index is 12.2. The smallest absolute Gasteiger partial charge is 0.425 e. The number of benzene rings is 2. The Hall–Kier alpha value is -1.76. The van der Waals surface area contributed by atoms with Crippen molar-refractivity contribution in [1.82, 2.24) is 4.31 Å². The Morgan fingerprint density at radius 3 is 2.60 bits per heavy atom. The van der Waals surface area contributed by atoms with Crippen LogP contribution in [0.1, 0.15) is 5.56 Å². The quantitative estimate of drug-likeness (QED) is 0.656. The van der Waals surface area contributed by atoms with E-state index in [2.05, 4.69) is 0 Å². The fraction of sp³-hybridized carbons (Fsp3) is 0.235. The molecular weight excluding hydrogens is 385 g/mol. The number of carbonyl (C=O) groups is 1. The third-order valence-electron chi connectivity index (χ3n) is 3.63. The van der Waals surface area contributed by atoms with Crippen LogP contribution in [0.3, 0.4) is 0 Å². The molecule has 0 radical (unpaired) electrons. The molecule has 1 heterocycles. The van der Waals surface area contributed by atoms with Gasteiger partial charge in [-0.15, -0.1) is 0 Å². The minimum atomic E-state index is -0.456. The molecule has 0 unspecified atom stereocenters. The van der Waals surface area contributed by atoms with Gasteiger partial charge in [0, 0.05) is 11.6 Å². The van der Waals surface area contributed by atoms with Crippen LogP contribution in [-0.4, -0.2) is 31.2 Å². The molecule has 25 heavy (non-hydrogen) atoms. The van der Waals surface area contributed by atoms with E-state index in [0.717, 1.165) is 5.56 Å². The molecule has 1 aliphatic heterocycles. The van der Waals surface area contributed by atoms with E-state index in [1.54, 1.807) is 26.4 Å². The molecule has 0 saturated carbocycles. The van der Waals surface area contributed by atoms with Crippen molar-refractivity contribution in [3.05, 3.63) is 45.9 Å². The second-order valence-corrected chi connectivity index (χ2v) is 7.12. The first-order chi connectivity index (χ1) is 12.0. The van der Waals surface area contributed by atoms with Gasteiger partial charge in [0.1, 0.15) is 0 Å². The second-order valence-electron chi connectivity index (χ2n) is 5.22. The molecule has 0 saturated heterocycles. The van der Waals surface area contributed by atoms with E-state index in [9.17, 15) is 4.79 Å². The minimum absolute atomic E-state index is 0.322. The first-order valence-corrected chi connectivity index (χ1v) is 8.92. The number of hydrogen-bond acceptors (Lipinski definition) is 5. The Bertz CT molecular complexity index is 815. The number of nitrogens with zero attached hydrogens (tertiary/aromatic N) is 1. The molecule has 2 aromatic carbocycles. The van der Waals surface area contributed by atoms with Crippen LogP contribution < -0.4 is 14.2 Å². The summed E-state index contributed by atoms with van der Waals surface area (Å²) >= 11 is 13.4. The number of amides is 1. The van der Waals surface area contributed by atoms with Gasteiger partial charge < -0.3 is 14.2 Å². The van der Waals surface area contributed by atoms with E-state index >= 15 is 0 Å². The Balaban J connectivity index is 1.72. The van der Waals surface area contributed by atoms with E-state index in [4.69, 9.17) is 37.4 Å². The average molecular weight is 400 g/mol. The highest BCUT2D eigenvalue weighted by Crippen LogP contribution is 2.43. The number of hydrogen-bond donors (Lipinski definition) is 0. The first-order valence-electron chi connectivity index (χ1n) is 7.39. The molecule has 5 nitrogen and oxygen atoms in total. The fourth-order valence-electron chi connectivity index (χ4n) is 2.40. The van der Waals surface area contributed by atoms with Gasteiger partial charge in [-0.1, -0.05) is 29.3 Å². The van der Waals surface area contributed by atoms with Crippen LogP contribution in [0.2, 0.25) is 10.0 Å². The Morgan fingerprint density at radius 2 is 1.88 bits per heavy atom. The lowest BCUT2D eigenvalue weighted by atomic mass is 10.1. The zero-order chi connectivity index (χ0) is 18.0. The number of fused-ring (bicyclic) bond motifs is 1. The van der Waals surface area contributed by atoms with Gasteiger partial charge in [0.25, 0.3) is 0 Å². The normalized spacial score (nSPS) is 13.3. The van der Waals surface area contributed by atoms with E-state index in [0.29, 0.717) is 45.2 Å². The highest BCUT2D eigenvalue weighted by atomic mass is 35.5. The Kier molecular flexibility index (Phi) is 5.51. The summed E-state index contributed by atoms with van der Waals surface area (Å²) in [4.78, 5) is 12.9. The molecule has 0 fully saturated rings. The molecule has 8 heteroatoms. The van der Waals surface area contributed by atoms with Gasteiger partial charge in [0.05, 0.1) is 24.1 Å². The average Bonchev–Trinajstić information content (AvgIpc) is 2.60. The van der Waals surface area contributed by atoms with Crippen LogP contribution in [0.5, 0.6) is 17.2 Å². The predicted molar refractivity (Wildman–Crippen MR) is 98.3 cm³/mol. The maximum absolute atomic E-state index is 12.2. The topological polar surface area (TPSA) is 48.0 Å². The standard InChI is InChI=1S/C17H15Cl2NO4S/c1-22-13-4-3-10(7-14(13)23-2)5-6-20-17(21)24-16-12(19)8-11(18)9-15(16)25-20/h3-4,7-9H,5-6H2,1-2H3. The van der Waals surface area contributed by atoms with Crippen molar-refractivity contribution >= 4 is 41.2 Å². The SMILES string of the molecule is COc1ccc(CCN2Sc3cc(Cl)cc(Cl)c3OC2=O)cc1OC. The number of carbonyl (C=O) groups excluding carboxylic acids is 1. The highest BCUT2D eigenvalue weighted by Gasteiger charge is 2.28. The van der Waals surface area contributed by atoms with Gasteiger partial charge in [0.2, 0.25) is 0 Å². The summed E-state index contributed by atoms with van der Waals surface area (Å²) in [6.07, 6.45) is 0.175. The lowest BCUT2D eigenvalue weighted by molar-refractivity contribution is 0.178. The van der Waals surface area contributed by atoms with Crippen molar-refractivity contribution < 1.29 is 19.0 Å². The van der Waals surface area contributed by atoms with Gasteiger partial charge in [0.15, 0.2) is 17.2 Å². The van der Waals surface area contributed by atoms with Crippen molar-refractivity contribution in [2.75, 3.05) is 20.8 Å². The third kappa shape index (κ3) is 3.92. The number of ether oxygens (including phenoxy) is 3. The van der Waals surface area contributed by atoms with Crippen molar-refractivity contribution in [2.45, 2.75) is 11.3 Å². The van der Waals surface area contributed by atoms with Crippen molar-refractivity contribution in [2.24, 2.45) is 0 Å². The molecule has 1 aliphatic rings. The Labute approximate surface area is 159 Å². The largest absolute Gasteiger partial charge is 0.493 e. The molecule has 0 aromatic heterocycles. The summed E-state index contributed by atoms with van der Waals surface area (Å²) in [7, 11) is 3.18. The van der Waals surface area contributed by atoms with Gasteiger partial charge in [-0.25, -0.2) is 9.10 Å². The molecule has 1 amide bonds. The lowest BCUT2D eigenvalue weighted by Crippen LogP contribution is -2.32. The van der Waals surface area contributed by atoms with Gasteiger partial charge in [-0.05, 0) is 48.2 Å². The second kappa shape index (κ2) is 7.64. The van der Waals surface area contributed by atoms with Gasteiger partial charge in [-0.3, -0.25) is 0 Å². The van der Waals surface area contributed by atoms with Crippen LogP contribution in [0.25, 0.3) is 0 Å². The number of halogens is 2. The molecule has 3 rings (SSSR count). The van der Waals surface area contributed by atoms with Crippen LogP contribution >= 0.6 is 35.1 Å². The van der Waals surface area contributed by atoms with E-state index < -0.39 is 6.09 Å². The van der Waals surface area contributed by atoms with Gasteiger partial charge in [-0.2, -0.15) is 0 Å². The zero-order valence-corrected chi connectivity index (χ0v) is 15.9. The summed E-state index contributed by atoms with van der Waals surface area (Å²) in [5.41, 5.74) is 1.01. The summed E-state index contributed by atoms with van der Waals surface area (Å²) in [5, 5.41) is 0.817. The molecule has 0 bridgehead atoms. The van der Waals surface area contributed by atoms with Crippen LogP contribution in [0.4, 0.5) is 4.79 Å². The lowest BCUT2D eigenvalue weighted by Gasteiger charge is -2.27. The molecule has 0 atom stereocenters. The van der Waals surface area contributed by atoms with Crippen LogP contribution in [-0.2, 0) is 6.42 Å². The molecule has 0 spiro atoms. The third-order valence-corrected chi connectivity index (χ3v) is 5.18. The van der Waals surface area contributed by atoms with Crippen LogP contribution in [0, 0.1) is 0 Å². The molecular formula is C17H15Cl2NO4S. The summed E-state index contributed by atoms with van der Waals surface area (Å²) in [5.74, 6) is 1.66. The molecule has 0 N–H and O–H groups in total. The zero-order valence-electron chi connectivity index (χ0n) is 13.5. The molecule has 0 aliphatic carbocycles. The monoisotopic (exact) mass is 399 g/mol. The summed E-state index contributed by atoms with van der Waals surface area (Å²) in [6, 6.07) is 8.94. The van der Waals surface area contributed by atoms with E-state index in [-0.39, 0.29) is 0 Å². The van der Waals surface area contributed by atoms with Crippen molar-refractivity contribution in [3.8, 4) is 17.2 Å². The van der Waals surface area contributed by atoms with Crippen LogP contribution in [0.15, 0.2) is 35.2 Å². The van der Waals surface area contributed by atoms with E-state index in [1.807, 2.05) is 18.2 Å². The summed E-state index contributed by atoms with van der Waals surface area (Å²) in [6.45, 7) is 0.461. The first kappa shape index (κ1) is 18.0. The maximum Gasteiger partial charge on any atom is 0.425 e. The molecule has 132 valence electrons. The summed E-state index contributed by atoms with van der Waals surface area (Å²) < 4.78 is 17.4.